The van der Waals surface area contributed by atoms with Gasteiger partial charge in [-0.15, -0.1) is 24.0 Å². The van der Waals surface area contributed by atoms with Crippen LogP contribution in [-0.2, 0) is 5.88 Å². The lowest BCUT2D eigenvalue weighted by Gasteiger charge is -2.14. The maximum absolute atomic E-state index is 5.70. The molecule has 1 rings (SSSR count). The van der Waals surface area contributed by atoms with Crippen LogP contribution in [-0.4, -0.2) is 24.1 Å². The molecule has 0 aliphatic rings. The average Bonchev–Trinajstić information content (AvgIpc) is 2.04. The summed E-state index contributed by atoms with van der Waals surface area (Å²) in [6.07, 6.45) is 1.54. The molecule has 0 atom stereocenters. The third kappa shape index (κ3) is 2.71. The van der Waals surface area contributed by atoms with Gasteiger partial charge < -0.3 is 4.90 Å². The highest BCUT2D eigenvalue weighted by Gasteiger charge is 2.06. The van der Waals surface area contributed by atoms with Crippen LogP contribution in [0.3, 0.4) is 0 Å². The van der Waals surface area contributed by atoms with Gasteiger partial charge in [0.1, 0.15) is 12.1 Å². The molecule has 0 aliphatic heterocycles. The maximum atomic E-state index is 5.70. The fourth-order valence-electron chi connectivity index (χ4n) is 1.06. The van der Waals surface area contributed by atoms with Crippen LogP contribution in [0.15, 0.2) is 6.33 Å². The minimum absolute atomic E-state index is 0. The molecule has 74 valence electrons. The molecule has 0 aliphatic carbocycles. The van der Waals surface area contributed by atoms with Crippen LogP contribution in [0.25, 0.3) is 0 Å². The molecule has 1 aromatic rings. The Morgan fingerprint density at radius 1 is 1.38 bits per heavy atom. The van der Waals surface area contributed by atoms with E-state index in [1.54, 1.807) is 6.33 Å². The first-order valence-corrected chi connectivity index (χ1v) is 4.24. The average molecular weight is 222 g/mol. The highest BCUT2D eigenvalue weighted by molar-refractivity contribution is 6.17. The Morgan fingerprint density at radius 3 is 2.46 bits per heavy atom. The van der Waals surface area contributed by atoms with E-state index in [1.807, 2.05) is 25.9 Å². The molecule has 0 fully saturated rings. The normalized spacial score (nSPS) is 9.23. The molecular formula is C8H13Cl2N3. The van der Waals surface area contributed by atoms with E-state index in [4.69, 9.17) is 11.6 Å². The molecular weight excluding hydrogens is 209 g/mol. The number of hydrogen-bond acceptors (Lipinski definition) is 3. The SMILES string of the molecule is Cc1c(CCl)ncnc1N(C)C.Cl. The summed E-state index contributed by atoms with van der Waals surface area (Å²) in [5, 5.41) is 0. The van der Waals surface area contributed by atoms with Gasteiger partial charge in [-0.1, -0.05) is 0 Å². The molecule has 1 aromatic heterocycles. The fraction of sp³-hybridized carbons (Fsp3) is 0.500. The minimum Gasteiger partial charge on any atom is -0.362 e. The van der Waals surface area contributed by atoms with Crippen molar-refractivity contribution in [3.8, 4) is 0 Å². The second-order valence-corrected chi connectivity index (χ2v) is 3.06. The number of hydrogen-bond donors (Lipinski definition) is 0. The number of rotatable bonds is 2. The van der Waals surface area contributed by atoms with Crippen molar-refractivity contribution in [3.05, 3.63) is 17.6 Å². The lowest BCUT2D eigenvalue weighted by atomic mass is 10.2. The highest BCUT2D eigenvalue weighted by Crippen LogP contribution is 2.16. The molecule has 0 aromatic carbocycles. The summed E-state index contributed by atoms with van der Waals surface area (Å²) in [7, 11) is 3.90. The molecule has 0 spiro atoms. The van der Waals surface area contributed by atoms with Crippen LogP contribution in [0, 0.1) is 6.92 Å². The lowest BCUT2D eigenvalue weighted by Crippen LogP contribution is -2.13. The lowest BCUT2D eigenvalue weighted by molar-refractivity contribution is 0.979. The summed E-state index contributed by atoms with van der Waals surface area (Å²) >= 11 is 5.70. The quantitative estimate of drug-likeness (QED) is 0.716. The Hall–Kier alpha value is -0.540. The number of nitrogens with zero attached hydrogens (tertiary/aromatic N) is 3. The Balaban J connectivity index is 0.00000144. The second-order valence-electron chi connectivity index (χ2n) is 2.80. The van der Waals surface area contributed by atoms with E-state index in [9.17, 15) is 0 Å². The van der Waals surface area contributed by atoms with Gasteiger partial charge in [0.25, 0.3) is 0 Å². The first kappa shape index (κ1) is 12.5. The molecule has 0 N–H and O–H groups in total. The molecule has 0 saturated carbocycles. The van der Waals surface area contributed by atoms with Gasteiger partial charge in [-0.2, -0.15) is 0 Å². The van der Waals surface area contributed by atoms with Crippen LogP contribution in [0.2, 0.25) is 0 Å². The zero-order chi connectivity index (χ0) is 9.14. The van der Waals surface area contributed by atoms with Crippen LogP contribution < -0.4 is 4.90 Å². The summed E-state index contributed by atoms with van der Waals surface area (Å²) in [6, 6.07) is 0. The number of alkyl halides is 1. The molecule has 1 heterocycles. The molecule has 0 bridgehead atoms. The van der Waals surface area contributed by atoms with Crippen molar-refractivity contribution in [2.24, 2.45) is 0 Å². The van der Waals surface area contributed by atoms with E-state index in [1.165, 1.54) is 0 Å². The molecule has 0 unspecified atom stereocenters. The Morgan fingerprint density at radius 2 is 2.00 bits per heavy atom. The number of anilines is 1. The molecule has 0 saturated heterocycles. The van der Waals surface area contributed by atoms with Crippen LogP contribution >= 0.6 is 24.0 Å². The van der Waals surface area contributed by atoms with Crippen molar-refractivity contribution in [2.75, 3.05) is 19.0 Å². The molecule has 0 amide bonds. The summed E-state index contributed by atoms with van der Waals surface area (Å²) in [5.41, 5.74) is 1.95. The first-order valence-electron chi connectivity index (χ1n) is 3.70. The zero-order valence-electron chi connectivity index (χ0n) is 7.91. The van der Waals surface area contributed by atoms with Crippen molar-refractivity contribution in [3.63, 3.8) is 0 Å². The summed E-state index contributed by atoms with van der Waals surface area (Å²) < 4.78 is 0. The third-order valence-corrected chi connectivity index (χ3v) is 1.97. The predicted octanol–water partition coefficient (Wildman–Crippen LogP) is 2.01. The Labute approximate surface area is 89.5 Å². The van der Waals surface area contributed by atoms with E-state index in [-0.39, 0.29) is 12.4 Å². The zero-order valence-corrected chi connectivity index (χ0v) is 9.48. The van der Waals surface area contributed by atoms with Gasteiger partial charge in [-0.25, -0.2) is 9.97 Å². The van der Waals surface area contributed by atoms with Gasteiger partial charge in [0.2, 0.25) is 0 Å². The van der Waals surface area contributed by atoms with E-state index >= 15 is 0 Å². The Bertz CT molecular complexity index is 276. The number of halogens is 2. The first-order chi connectivity index (χ1) is 5.66. The largest absolute Gasteiger partial charge is 0.362 e. The predicted molar refractivity (Wildman–Crippen MR) is 57.9 cm³/mol. The summed E-state index contributed by atoms with van der Waals surface area (Å²) in [4.78, 5) is 10.2. The molecule has 13 heavy (non-hydrogen) atoms. The number of aromatic nitrogens is 2. The van der Waals surface area contributed by atoms with Crippen molar-refractivity contribution in [1.82, 2.24) is 9.97 Å². The molecule has 3 nitrogen and oxygen atoms in total. The fourth-order valence-corrected chi connectivity index (χ4v) is 1.33. The smallest absolute Gasteiger partial charge is 0.134 e. The maximum Gasteiger partial charge on any atom is 0.134 e. The van der Waals surface area contributed by atoms with Gasteiger partial charge in [-0.3, -0.25) is 0 Å². The van der Waals surface area contributed by atoms with E-state index in [0.717, 1.165) is 17.1 Å². The van der Waals surface area contributed by atoms with Crippen molar-refractivity contribution < 1.29 is 0 Å². The highest BCUT2D eigenvalue weighted by atomic mass is 35.5. The van der Waals surface area contributed by atoms with E-state index < -0.39 is 0 Å². The molecule has 5 heteroatoms. The van der Waals surface area contributed by atoms with Crippen LogP contribution in [0.1, 0.15) is 11.3 Å². The van der Waals surface area contributed by atoms with Crippen molar-refractivity contribution >= 4 is 29.8 Å². The minimum atomic E-state index is 0. The van der Waals surface area contributed by atoms with Crippen molar-refractivity contribution in [2.45, 2.75) is 12.8 Å². The standard InChI is InChI=1S/C8H12ClN3.ClH/c1-6-7(4-9)10-5-11-8(6)12(2)3;/h5H,4H2,1-3H3;1H. The Kier molecular flexibility index (Phi) is 5.03. The van der Waals surface area contributed by atoms with Crippen molar-refractivity contribution in [1.29, 1.82) is 0 Å². The van der Waals surface area contributed by atoms with E-state index in [0.29, 0.717) is 5.88 Å². The van der Waals surface area contributed by atoms with Crippen LogP contribution in [0.5, 0.6) is 0 Å². The van der Waals surface area contributed by atoms with Gasteiger partial charge in [0, 0.05) is 19.7 Å². The van der Waals surface area contributed by atoms with Gasteiger partial charge in [0.15, 0.2) is 0 Å². The monoisotopic (exact) mass is 221 g/mol. The topological polar surface area (TPSA) is 29.0 Å². The second kappa shape index (κ2) is 5.25. The van der Waals surface area contributed by atoms with E-state index in [2.05, 4.69) is 9.97 Å². The summed E-state index contributed by atoms with van der Waals surface area (Å²) in [6.45, 7) is 1.98. The summed E-state index contributed by atoms with van der Waals surface area (Å²) in [5.74, 6) is 1.37. The molecule has 0 radical (unpaired) electrons. The van der Waals surface area contributed by atoms with Gasteiger partial charge >= 0.3 is 0 Å². The van der Waals surface area contributed by atoms with Crippen LogP contribution in [0.4, 0.5) is 5.82 Å². The van der Waals surface area contributed by atoms with Gasteiger partial charge in [-0.05, 0) is 6.92 Å². The third-order valence-electron chi connectivity index (χ3n) is 1.71. The van der Waals surface area contributed by atoms with Gasteiger partial charge in [0.05, 0.1) is 11.6 Å².